The number of phenols is 1. The smallest absolute Gasteiger partial charge is 0.163 e. The summed E-state index contributed by atoms with van der Waals surface area (Å²) in [6, 6.07) is 4.71. The molecule has 0 aliphatic heterocycles. The molecule has 2 N–H and O–H groups in total. The van der Waals surface area contributed by atoms with E-state index < -0.39 is 0 Å². The van der Waals surface area contributed by atoms with Crippen LogP contribution in [0.2, 0.25) is 0 Å². The highest BCUT2D eigenvalue weighted by Crippen LogP contribution is 2.26. The third-order valence-electron chi connectivity index (χ3n) is 2.96. The zero-order chi connectivity index (χ0) is 16.7. The number of nitrogens with zero attached hydrogens (tertiary/aromatic N) is 1. The molecule has 2 aromatic rings. The van der Waals surface area contributed by atoms with Crippen molar-refractivity contribution in [2.24, 2.45) is 0 Å². The predicted octanol–water partition coefficient (Wildman–Crippen LogP) is 2.38. The molecule has 0 spiro atoms. The average molecular weight is 312 g/mol. The second-order valence-electron chi connectivity index (χ2n) is 4.68. The van der Waals surface area contributed by atoms with Gasteiger partial charge in [-0.1, -0.05) is 12.1 Å². The van der Waals surface area contributed by atoms with Crippen molar-refractivity contribution in [2.45, 2.75) is 6.42 Å². The van der Waals surface area contributed by atoms with Gasteiger partial charge in [0.2, 0.25) is 0 Å². The predicted molar refractivity (Wildman–Crippen MR) is 85.9 cm³/mol. The highest BCUT2D eigenvalue weighted by molar-refractivity contribution is 6.10. The number of phenolic OH excluding ortho intramolecular Hbond substituents is 1. The van der Waals surface area contributed by atoms with Crippen LogP contribution in [0.3, 0.4) is 0 Å². The summed E-state index contributed by atoms with van der Waals surface area (Å²) in [6.45, 7) is 0. The van der Waals surface area contributed by atoms with Gasteiger partial charge in [0.15, 0.2) is 23.1 Å². The van der Waals surface area contributed by atoms with E-state index in [2.05, 4.69) is 9.97 Å². The van der Waals surface area contributed by atoms with E-state index in [0.717, 1.165) is 0 Å². The van der Waals surface area contributed by atoms with Gasteiger partial charge in [-0.25, -0.2) is 4.98 Å². The van der Waals surface area contributed by atoms with E-state index in [4.69, 9.17) is 4.74 Å². The van der Waals surface area contributed by atoms with Crippen LogP contribution in [0.25, 0.3) is 12.2 Å². The Kier molecular flexibility index (Phi) is 5.46. The SMILES string of the molecule is COc1cc(C=CC(=O)CC(=O)C=Cc2ncc[nH]2)ccc1O. The third kappa shape index (κ3) is 4.96. The Hall–Kier alpha value is -3.15. The molecule has 0 atom stereocenters. The number of imidazole rings is 1. The molecular formula is C17H16N2O4. The fourth-order valence-electron chi connectivity index (χ4n) is 1.82. The lowest BCUT2D eigenvalue weighted by atomic mass is 10.1. The Morgan fingerprint density at radius 2 is 2.00 bits per heavy atom. The lowest BCUT2D eigenvalue weighted by Crippen LogP contribution is -2.02. The quantitative estimate of drug-likeness (QED) is 0.605. The molecule has 0 fully saturated rings. The van der Waals surface area contributed by atoms with Gasteiger partial charge in [0.1, 0.15) is 5.82 Å². The monoisotopic (exact) mass is 312 g/mol. The Morgan fingerprint density at radius 1 is 1.26 bits per heavy atom. The number of aromatic hydroxyl groups is 1. The van der Waals surface area contributed by atoms with Crippen molar-refractivity contribution in [1.82, 2.24) is 9.97 Å². The van der Waals surface area contributed by atoms with Gasteiger partial charge in [-0.3, -0.25) is 9.59 Å². The summed E-state index contributed by atoms with van der Waals surface area (Å²) in [5.41, 5.74) is 0.687. The zero-order valence-corrected chi connectivity index (χ0v) is 12.5. The molecule has 0 amide bonds. The fourth-order valence-corrected chi connectivity index (χ4v) is 1.82. The molecule has 0 unspecified atom stereocenters. The number of hydrogen-bond donors (Lipinski definition) is 2. The van der Waals surface area contributed by atoms with Crippen molar-refractivity contribution in [3.05, 3.63) is 54.1 Å². The molecule has 6 heteroatoms. The minimum absolute atomic E-state index is 0.0224. The lowest BCUT2D eigenvalue weighted by Gasteiger charge is -2.03. The fraction of sp³-hybridized carbons (Fsp3) is 0.118. The first-order valence-corrected chi connectivity index (χ1v) is 6.86. The molecule has 0 saturated carbocycles. The van der Waals surface area contributed by atoms with Crippen LogP contribution in [0, 0.1) is 0 Å². The highest BCUT2D eigenvalue weighted by Gasteiger charge is 2.05. The summed E-state index contributed by atoms with van der Waals surface area (Å²) in [4.78, 5) is 30.2. The summed E-state index contributed by atoms with van der Waals surface area (Å²) in [5.74, 6) is 0.272. The minimum atomic E-state index is -0.314. The highest BCUT2D eigenvalue weighted by atomic mass is 16.5. The molecule has 6 nitrogen and oxygen atoms in total. The number of benzene rings is 1. The average Bonchev–Trinajstić information content (AvgIpc) is 3.05. The summed E-state index contributed by atoms with van der Waals surface area (Å²) >= 11 is 0. The maximum atomic E-state index is 11.8. The van der Waals surface area contributed by atoms with E-state index in [0.29, 0.717) is 17.1 Å². The number of carbonyl (C=O) groups excluding carboxylic acids is 2. The van der Waals surface area contributed by atoms with Gasteiger partial charge >= 0.3 is 0 Å². The lowest BCUT2D eigenvalue weighted by molar-refractivity contribution is -0.121. The largest absolute Gasteiger partial charge is 0.504 e. The number of hydrogen-bond acceptors (Lipinski definition) is 5. The van der Waals surface area contributed by atoms with E-state index in [1.807, 2.05) is 0 Å². The van der Waals surface area contributed by atoms with Crippen LogP contribution in [-0.4, -0.2) is 33.8 Å². The molecule has 0 bridgehead atoms. The van der Waals surface area contributed by atoms with Crippen molar-refractivity contribution in [3.8, 4) is 11.5 Å². The van der Waals surface area contributed by atoms with E-state index in [1.165, 1.54) is 31.4 Å². The number of nitrogens with one attached hydrogen (secondary N) is 1. The molecule has 1 aromatic carbocycles. The van der Waals surface area contributed by atoms with E-state index >= 15 is 0 Å². The molecule has 1 aromatic heterocycles. The standard InChI is InChI=1S/C17H16N2O4/c1-23-16-10-12(3-6-15(16)22)2-4-13(20)11-14(21)5-7-17-18-8-9-19-17/h2-10,22H,11H2,1H3,(H,18,19). The van der Waals surface area contributed by atoms with Crippen molar-refractivity contribution in [3.63, 3.8) is 0 Å². The minimum Gasteiger partial charge on any atom is -0.504 e. The Morgan fingerprint density at radius 3 is 2.65 bits per heavy atom. The van der Waals surface area contributed by atoms with Gasteiger partial charge in [0, 0.05) is 12.4 Å². The first kappa shape index (κ1) is 16.2. The van der Waals surface area contributed by atoms with Crippen LogP contribution >= 0.6 is 0 Å². The van der Waals surface area contributed by atoms with Gasteiger partial charge in [-0.05, 0) is 35.9 Å². The number of allylic oxidation sites excluding steroid dienone is 2. The first-order valence-electron chi connectivity index (χ1n) is 6.86. The molecule has 1 heterocycles. The summed E-state index contributed by atoms with van der Waals surface area (Å²) < 4.78 is 4.98. The second kappa shape index (κ2) is 7.74. The number of methoxy groups -OCH3 is 1. The molecule has 0 saturated heterocycles. The van der Waals surface area contributed by atoms with Gasteiger partial charge in [0.05, 0.1) is 13.5 Å². The van der Waals surface area contributed by atoms with Crippen LogP contribution in [0.5, 0.6) is 11.5 Å². The van der Waals surface area contributed by atoms with Crippen molar-refractivity contribution in [1.29, 1.82) is 0 Å². The Labute approximate surface area is 133 Å². The van der Waals surface area contributed by atoms with E-state index in [9.17, 15) is 14.7 Å². The van der Waals surface area contributed by atoms with Crippen LogP contribution in [0.1, 0.15) is 17.8 Å². The topological polar surface area (TPSA) is 92.3 Å². The van der Waals surface area contributed by atoms with Crippen molar-refractivity contribution in [2.75, 3.05) is 7.11 Å². The first-order chi connectivity index (χ1) is 11.1. The molecule has 118 valence electrons. The van der Waals surface area contributed by atoms with Crippen LogP contribution in [0.15, 0.2) is 42.7 Å². The summed E-state index contributed by atoms with van der Waals surface area (Å²) in [5, 5.41) is 9.49. The van der Waals surface area contributed by atoms with E-state index in [1.54, 1.807) is 30.6 Å². The van der Waals surface area contributed by atoms with Gasteiger partial charge in [0.25, 0.3) is 0 Å². The van der Waals surface area contributed by atoms with Crippen LogP contribution in [-0.2, 0) is 9.59 Å². The van der Waals surface area contributed by atoms with Gasteiger partial charge in [-0.2, -0.15) is 0 Å². The number of ketones is 2. The number of ether oxygens (including phenoxy) is 1. The van der Waals surface area contributed by atoms with Gasteiger partial charge in [-0.15, -0.1) is 0 Å². The second-order valence-corrected chi connectivity index (χ2v) is 4.68. The molecule has 2 rings (SSSR count). The number of rotatable bonds is 7. The van der Waals surface area contributed by atoms with E-state index in [-0.39, 0.29) is 23.7 Å². The molecule has 0 aliphatic rings. The number of aromatic amines is 1. The number of carbonyl (C=O) groups is 2. The Bertz CT molecular complexity index is 746. The number of H-pyrrole nitrogens is 1. The maximum Gasteiger partial charge on any atom is 0.163 e. The van der Waals surface area contributed by atoms with Crippen LogP contribution in [0.4, 0.5) is 0 Å². The zero-order valence-electron chi connectivity index (χ0n) is 12.5. The maximum absolute atomic E-state index is 11.8. The van der Waals surface area contributed by atoms with Gasteiger partial charge < -0.3 is 14.8 Å². The van der Waals surface area contributed by atoms with Crippen LogP contribution < -0.4 is 4.74 Å². The van der Waals surface area contributed by atoms with Crippen molar-refractivity contribution >= 4 is 23.7 Å². The Balaban J connectivity index is 1.92. The normalized spacial score (nSPS) is 11.2. The molecule has 0 aliphatic carbocycles. The number of aromatic nitrogens is 2. The molecule has 0 radical (unpaired) electrons. The summed E-state index contributed by atoms with van der Waals surface area (Å²) in [7, 11) is 1.44. The molecular weight excluding hydrogens is 296 g/mol. The third-order valence-corrected chi connectivity index (χ3v) is 2.96. The summed E-state index contributed by atoms with van der Waals surface area (Å²) in [6.07, 6.45) is 8.72. The molecule has 23 heavy (non-hydrogen) atoms. The van der Waals surface area contributed by atoms with Crippen molar-refractivity contribution < 1.29 is 19.4 Å².